The van der Waals surface area contributed by atoms with Crippen molar-refractivity contribution in [3.05, 3.63) is 74.3 Å². The van der Waals surface area contributed by atoms with Crippen molar-refractivity contribution in [3.8, 4) is 0 Å². The van der Waals surface area contributed by atoms with Gasteiger partial charge in [0.25, 0.3) is 11.6 Å². The standard InChI is InChI=1S/C35H36FN7O6/c1-40-11-4-5-20(40)8-9-38-35(45)23-19-42-27-18-29-26(39-25-7-6-21(43(46)47)15-28(25)48-29)17-30(27)49-34-31(37-10-14-41-12-2-3-13-41)24(36)16-22(32(34)42)33(23)44/h6-7,15-20,37,39H,2-5,8-14H2,1H3,(H,38,45). The van der Waals surface area contributed by atoms with E-state index in [-0.39, 0.29) is 33.5 Å². The number of rotatable bonds is 9. The van der Waals surface area contributed by atoms with Gasteiger partial charge in [0.05, 0.1) is 32.9 Å². The van der Waals surface area contributed by atoms with Crippen molar-refractivity contribution in [2.45, 2.75) is 38.1 Å². The number of aromatic amines is 1. The number of halogens is 1. The molecule has 1 atom stereocenters. The molecule has 3 N–H and O–H groups in total. The Morgan fingerprint density at radius 2 is 1.86 bits per heavy atom. The zero-order valence-corrected chi connectivity index (χ0v) is 27.0. The number of nitrogens with one attached hydrogen (secondary N) is 3. The van der Waals surface area contributed by atoms with Crippen molar-refractivity contribution in [3.63, 3.8) is 0 Å². The summed E-state index contributed by atoms with van der Waals surface area (Å²) in [6, 6.07) is 9.17. The average Bonchev–Trinajstić information content (AvgIpc) is 3.76. The van der Waals surface area contributed by atoms with E-state index in [0.717, 1.165) is 58.3 Å². The molecule has 6 aromatic rings. The van der Waals surface area contributed by atoms with E-state index in [1.54, 1.807) is 22.6 Å². The first-order chi connectivity index (χ1) is 23.7. The Kier molecular flexibility index (Phi) is 7.83. The number of carbonyl (C=O) groups excluding carboxylic acids is 1. The van der Waals surface area contributed by atoms with E-state index in [4.69, 9.17) is 8.83 Å². The number of anilines is 1. The number of hydrogen-bond acceptors (Lipinski definition) is 9. The molecule has 2 aliphatic heterocycles. The molecule has 14 heteroatoms. The number of nitrogens with zero attached hydrogens (tertiary/aromatic N) is 4. The summed E-state index contributed by atoms with van der Waals surface area (Å²) >= 11 is 0. The van der Waals surface area contributed by atoms with Gasteiger partial charge in [-0.3, -0.25) is 19.7 Å². The highest BCUT2D eigenvalue weighted by Crippen LogP contribution is 2.35. The predicted octanol–water partition coefficient (Wildman–Crippen LogP) is 5.76. The summed E-state index contributed by atoms with van der Waals surface area (Å²) in [5, 5.41) is 17.5. The van der Waals surface area contributed by atoms with Crippen molar-refractivity contribution in [2.24, 2.45) is 0 Å². The largest absolute Gasteiger partial charge is 0.453 e. The van der Waals surface area contributed by atoms with Crippen LogP contribution in [0.25, 0.3) is 49.8 Å². The molecule has 0 bridgehead atoms. The molecule has 13 nitrogen and oxygen atoms in total. The lowest BCUT2D eigenvalue weighted by Crippen LogP contribution is -2.34. The summed E-state index contributed by atoms with van der Waals surface area (Å²) in [5.41, 5.74) is 2.18. The van der Waals surface area contributed by atoms with Crippen molar-refractivity contribution < 1.29 is 22.9 Å². The monoisotopic (exact) mass is 669 g/mol. The number of nitro benzene ring substituents is 1. The number of H-pyrrole nitrogens is 1. The quantitative estimate of drug-likeness (QED) is 0.0755. The molecule has 8 rings (SSSR count). The van der Waals surface area contributed by atoms with Crippen LogP contribution >= 0.6 is 0 Å². The van der Waals surface area contributed by atoms with Crippen LogP contribution in [0.3, 0.4) is 0 Å². The number of aromatic nitrogens is 2. The first-order valence-corrected chi connectivity index (χ1v) is 16.7. The third-order valence-electron chi connectivity index (χ3n) is 10.0. The van der Waals surface area contributed by atoms with E-state index >= 15 is 4.39 Å². The normalized spacial score (nSPS) is 17.3. The Morgan fingerprint density at radius 1 is 1.04 bits per heavy atom. The number of benzene rings is 3. The molecule has 1 amide bonds. The van der Waals surface area contributed by atoms with Crippen LogP contribution in [0, 0.1) is 15.9 Å². The Morgan fingerprint density at radius 3 is 2.63 bits per heavy atom. The maximum Gasteiger partial charge on any atom is 0.273 e. The minimum atomic E-state index is -0.659. The van der Waals surface area contributed by atoms with E-state index < -0.39 is 22.1 Å². The highest BCUT2D eigenvalue weighted by Gasteiger charge is 2.25. The number of likely N-dealkylation sites (tertiary alicyclic amines) is 2. The number of non-ortho nitro benzene ring substituents is 1. The first-order valence-electron chi connectivity index (χ1n) is 16.7. The molecular formula is C35H36FN7O6. The molecule has 5 heterocycles. The Hall–Kier alpha value is -5.21. The van der Waals surface area contributed by atoms with Crippen LogP contribution in [0.15, 0.2) is 56.2 Å². The van der Waals surface area contributed by atoms with Gasteiger partial charge < -0.3 is 38.7 Å². The smallest absolute Gasteiger partial charge is 0.273 e. The van der Waals surface area contributed by atoms with Crippen LogP contribution in [0.1, 0.15) is 42.5 Å². The molecule has 0 radical (unpaired) electrons. The van der Waals surface area contributed by atoms with E-state index in [0.29, 0.717) is 52.4 Å². The van der Waals surface area contributed by atoms with Gasteiger partial charge in [-0.05, 0) is 70.9 Å². The van der Waals surface area contributed by atoms with E-state index in [2.05, 4.69) is 32.5 Å². The number of pyridine rings is 1. The number of carbonyl (C=O) groups is 1. The number of fused-ring (bicyclic) bond motifs is 4. The zero-order valence-electron chi connectivity index (χ0n) is 27.0. The number of amides is 1. The first kappa shape index (κ1) is 31.1. The summed E-state index contributed by atoms with van der Waals surface area (Å²) in [4.78, 5) is 46.2. The van der Waals surface area contributed by atoms with Gasteiger partial charge in [0.15, 0.2) is 28.1 Å². The van der Waals surface area contributed by atoms with Gasteiger partial charge in [-0.25, -0.2) is 4.39 Å². The second-order valence-electron chi connectivity index (χ2n) is 13.1. The zero-order chi connectivity index (χ0) is 33.8. The Bertz CT molecular complexity index is 2370. The maximum atomic E-state index is 16.0. The predicted molar refractivity (Wildman–Crippen MR) is 185 cm³/mol. The second kappa shape index (κ2) is 12.3. The molecule has 2 fully saturated rings. The minimum absolute atomic E-state index is 0.00385. The lowest BCUT2D eigenvalue weighted by atomic mass is 10.1. The van der Waals surface area contributed by atoms with Gasteiger partial charge >= 0.3 is 0 Å². The van der Waals surface area contributed by atoms with E-state index in [1.807, 2.05) is 0 Å². The molecule has 2 saturated heterocycles. The van der Waals surface area contributed by atoms with Gasteiger partial charge in [-0.1, -0.05) is 0 Å². The Balaban J connectivity index is 1.28. The van der Waals surface area contributed by atoms with Crippen LogP contribution in [0.4, 0.5) is 15.8 Å². The van der Waals surface area contributed by atoms with Crippen LogP contribution in [-0.4, -0.2) is 82.4 Å². The van der Waals surface area contributed by atoms with Crippen LogP contribution in [0.5, 0.6) is 0 Å². The van der Waals surface area contributed by atoms with Crippen LogP contribution in [-0.2, 0) is 0 Å². The maximum absolute atomic E-state index is 16.0. The third-order valence-corrected chi connectivity index (χ3v) is 10.0. The molecule has 49 heavy (non-hydrogen) atoms. The van der Waals surface area contributed by atoms with Gasteiger partial charge in [-0.2, -0.15) is 0 Å². The summed E-state index contributed by atoms with van der Waals surface area (Å²) in [6.07, 6.45) is 6.67. The van der Waals surface area contributed by atoms with Crippen molar-refractivity contribution >= 4 is 67.1 Å². The molecule has 0 spiro atoms. The Labute approximate surface area is 278 Å². The molecule has 0 saturated carbocycles. The third kappa shape index (κ3) is 5.60. The van der Waals surface area contributed by atoms with Crippen LogP contribution in [0.2, 0.25) is 0 Å². The number of hydrogen-bond donors (Lipinski definition) is 3. The van der Waals surface area contributed by atoms with Crippen molar-refractivity contribution in [2.75, 3.05) is 51.6 Å². The lowest BCUT2D eigenvalue weighted by molar-refractivity contribution is -0.384. The molecule has 2 aliphatic rings. The van der Waals surface area contributed by atoms with Gasteiger partial charge in [-0.15, -0.1) is 0 Å². The summed E-state index contributed by atoms with van der Waals surface area (Å²) in [5.74, 6) is -1.20. The highest BCUT2D eigenvalue weighted by molar-refractivity contribution is 6.07. The topological polar surface area (TPSA) is 154 Å². The van der Waals surface area contributed by atoms with Gasteiger partial charge in [0.2, 0.25) is 5.43 Å². The molecular weight excluding hydrogens is 633 g/mol. The number of nitro groups is 1. The summed E-state index contributed by atoms with van der Waals surface area (Å²) < 4.78 is 30.2. The second-order valence-corrected chi connectivity index (χ2v) is 13.1. The molecule has 254 valence electrons. The highest BCUT2D eigenvalue weighted by atomic mass is 19.1. The molecule has 0 aliphatic carbocycles. The average molecular weight is 670 g/mol. The van der Waals surface area contributed by atoms with Crippen molar-refractivity contribution in [1.29, 1.82) is 0 Å². The van der Waals surface area contributed by atoms with Crippen molar-refractivity contribution in [1.82, 2.24) is 24.5 Å². The SMILES string of the molecule is CN1CCCC1CCNC(=O)c1cn2c3cc4oc5cc([N+](=O)[O-])ccc5[nH]c4cc3oc3c(NCCN4CCCC4)c(F)cc(c1=O)c32. The van der Waals surface area contributed by atoms with Gasteiger partial charge in [0.1, 0.15) is 16.8 Å². The molecule has 3 aromatic carbocycles. The summed E-state index contributed by atoms with van der Waals surface area (Å²) in [6.45, 7) is 4.60. The van der Waals surface area contributed by atoms with Crippen LogP contribution < -0.4 is 16.1 Å². The van der Waals surface area contributed by atoms with E-state index in [9.17, 15) is 19.7 Å². The fraction of sp³-hybridized carbons (Fsp3) is 0.371. The summed E-state index contributed by atoms with van der Waals surface area (Å²) in [7, 11) is 2.07. The molecule has 3 aromatic heterocycles. The van der Waals surface area contributed by atoms with E-state index in [1.165, 1.54) is 24.4 Å². The molecule has 1 unspecified atom stereocenters. The fourth-order valence-corrected chi connectivity index (χ4v) is 7.37. The minimum Gasteiger partial charge on any atom is -0.453 e. The fourth-order valence-electron chi connectivity index (χ4n) is 7.37. The lowest BCUT2D eigenvalue weighted by Gasteiger charge is -2.20. The van der Waals surface area contributed by atoms with Gasteiger partial charge in [0, 0.05) is 50.1 Å².